The Bertz CT molecular complexity index is 551. The summed E-state index contributed by atoms with van der Waals surface area (Å²) in [5, 5.41) is 0. The highest BCUT2D eigenvalue weighted by Crippen LogP contribution is 2.22. The van der Waals surface area contributed by atoms with Gasteiger partial charge in [0, 0.05) is 25.9 Å². The van der Waals surface area contributed by atoms with Crippen LogP contribution in [0.25, 0.3) is 0 Å². The lowest BCUT2D eigenvalue weighted by Crippen LogP contribution is -2.46. The van der Waals surface area contributed by atoms with Crippen LogP contribution in [0.15, 0.2) is 36.5 Å². The van der Waals surface area contributed by atoms with Crippen LogP contribution in [0.4, 0.5) is 0 Å². The maximum absolute atomic E-state index is 6.66. The van der Waals surface area contributed by atoms with E-state index in [1.807, 2.05) is 0 Å². The van der Waals surface area contributed by atoms with E-state index in [1.54, 1.807) is 0 Å². The largest absolute Gasteiger partial charge is 0.500 e. The van der Waals surface area contributed by atoms with Crippen LogP contribution < -0.4 is 0 Å². The topological polar surface area (TPSA) is 30.9 Å². The first kappa shape index (κ1) is 41.3. The summed E-state index contributed by atoms with van der Waals surface area (Å²) in [5.74, 6) is 0. The van der Waals surface area contributed by atoms with Gasteiger partial charge in [-0.05, 0) is 111 Å². The number of allylic oxidation sites excluding steroid dienone is 6. The van der Waals surface area contributed by atoms with Crippen LogP contribution in [0, 0.1) is 0 Å². The summed E-state index contributed by atoms with van der Waals surface area (Å²) in [6.07, 6.45) is 39.3. The minimum Gasteiger partial charge on any atom is -0.373 e. The molecular weight excluding hydrogens is 534 g/mol. The van der Waals surface area contributed by atoms with Crippen molar-refractivity contribution in [3.63, 3.8) is 0 Å². The lowest BCUT2D eigenvalue weighted by Gasteiger charge is -2.30. The Morgan fingerprint density at radius 1 is 0.429 bits per heavy atom. The zero-order valence-electron chi connectivity index (χ0n) is 29.0. The zero-order chi connectivity index (χ0) is 30.8. The van der Waals surface area contributed by atoms with Gasteiger partial charge in [-0.1, -0.05) is 102 Å². The van der Waals surface area contributed by atoms with E-state index in [-0.39, 0.29) is 0 Å². The molecule has 4 nitrogen and oxygen atoms in total. The van der Waals surface area contributed by atoms with E-state index in [0.29, 0.717) is 0 Å². The van der Waals surface area contributed by atoms with Crippen molar-refractivity contribution in [1.29, 1.82) is 0 Å². The molecule has 0 aromatic carbocycles. The monoisotopic (exact) mass is 608 g/mol. The summed E-state index contributed by atoms with van der Waals surface area (Å²) in [4.78, 5) is 2.27. The molecule has 42 heavy (non-hydrogen) atoms. The van der Waals surface area contributed by atoms with Gasteiger partial charge in [-0.15, -0.1) is 0 Å². The average molecular weight is 608 g/mol. The Kier molecular flexibility index (Phi) is 32.6. The Morgan fingerprint density at radius 2 is 0.786 bits per heavy atom. The molecule has 0 aromatic heterocycles. The number of nitrogens with zero attached hydrogens (tertiary/aromatic N) is 1. The predicted molar refractivity (Wildman–Crippen MR) is 188 cm³/mol. The fourth-order valence-electron chi connectivity index (χ4n) is 4.82. The molecule has 0 spiro atoms. The number of rotatable bonds is 33. The van der Waals surface area contributed by atoms with Crippen LogP contribution in [-0.2, 0) is 13.3 Å². The SMILES string of the molecule is CCCCC/C=C\CCCO[Si](CCCCCN(C)C)(OCCC/C=C\CCCCC)OCCC/C=C\CCCCC. The van der Waals surface area contributed by atoms with Crippen LogP contribution in [0.5, 0.6) is 0 Å². The van der Waals surface area contributed by atoms with Gasteiger partial charge in [-0.25, -0.2) is 0 Å². The third kappa shape index (κ3) is 29.4. The van der Waals surface area contributed by atoms with E-state index in [4.69, 9.17) is 13.3 Å². The summed E-state index contributed by atoms with van der Waals surface area (Å²) < 4.78 is 20.0. The molecule has 0 aliphatic carbocycles. The van der Waals surface area contributed by atoms with Crippen LogP contribution in [0.2, 0.25) is 6.04 Å². The second-order valence-corrected chi connectivity index (χ2v) is 14.9. The standard InChI is InChI=1S/C37H73NO3Si/c1-6-9-12-15-18-21-24-29-34-39-42(37-32-27-28-33-38(4)5,40-35-30-25-22-19-16-13-10-7-2)41-36-31-26-23-20-17-14-11-8-3/h18-23H,6-17,24-37H2,1-5H3/b21-18-,22-19-,23-20-. The number of hydrogen-bond acceptors (Lipinski definition) is 4. The van der Waals surface area contributed by atoms with Crippen LogP contribution >= 0.6 is 0 Å². The maximum atomic E-state index is 6.66. The highest BCUT2D eigenvalue weighted by atomic mass is 28.4. The molecule has 0 rings (SSSR count). The summed E-state index contributed by atoms with van der Waals surface area (Å²) >= 11 is 0. The van der Waals surface area contributed by atoms with Crippen molar-refractivity contribution < 1.29 is 13.3 Å². The van der Waals surface area contributed by atoms with Crippen LogP contribution in [-0.4, -0.2) is 54.2 Å². The molecule has 0 amide bonds. The number of hydrogen-bond donors (Lipinski definition) is 0. The lowest BCUT2D eigenvalue weighted by molar-refractivity contribution is 0.0565. The highest BCUT2D eigenvalue weighted by molar-refractivity contribution is 6.60. The van der Waals surface area contributed by atoms with Crippen molar-refractivity contribution in [3.8, 4) is 0 Å². The van der Waals surface area contributed by atoms with E-state index in [9.17, 15) is 0 Å². The summed E-state index contributed by atoms with van der Waals surface area (Å²) in [7, 11) is 1.59. The average Bonchev–Trinajstić information content (AvgIpc) is 2.98. The molecule has 0 saturated heterocycles. The molecule has 0 radical (unpaired) electrons. The van der Waals surface area contributed by atoms with Gasteiger partial charge in [0.1, 0.15) is 0 Å². The molecule has 0 aromatic rings. The lowest BCUT2D eigenvalue weighted by atomic mass is 10.2. The normalized spacial score (nSPS) is 12.7. The molecule has 0 heterocycles. The minimum absolute atomic E-state index is 0.734. The van der Waals surface area contributed by atoms with Gasteiger partial charge in [0.15, 0.2) is 0 Å². The number of unbranched alkanes of at least 4 members (excludes halogenated alkanes) is 14. The van der Waals surface area contributed by atoms with Crippen LogP contribution in [0.3, 0.4) is 0 Å². The fourth-order valence-corrected chi connectivity index (χ4v) is 7.55. The van der Waals surface area contributed by atoms with Gasteiger partial charge in [0.05, 0.1) is 0 Å². The predicted octanol–water partition coefficient (Wildman–Crippen LogP) is 11.5. The first-order valence-corrected chi connectivity index (χ1v) is 20.0. The van der Waals surface area contributed by atoms with Crippen molar-refractivity contribution in [2.75, 3.05) is 40.5 Å². The van der Waals surface area contributed by atoms with Gasteiger partial charge < -0.3 is 18.2 Å². The van der Waals surface area contributed by atoms with Crippen molar-refractivity contribution in [2.45, 2.75) is 162 Å². The van der Waals surface area contributed by atoms with E-state index in [1.165, 1.54) is 89.9 Å². The molecule has 0 aliphatic rings. The van der Waals surface area contributed by atoms with E-state index < -0.39 is 8.80 Å². The highest BCUT2D eigenvalue weighted by Gasteiger charge is 2.40. The Labute approximate surface area is 265 Å². The molecule has 248 valence electrons. The molecule has 0 saturated carbocycles. The smallest absolute Gasteiger partial charge is 0.373 e. The van der Waals surface area contributed by atoms with Gasteiger partial charge >= 0.3 is 8.80 Å². The molecular formula is C37H73NO3Si. The summed E-state index contributed by atoms with van der Waals surface area (Å²) in [5.41, 5.74) is 0. The fraction of sp³-hybridized carbons (Fsp3) is 0.838. The summed E-state index contributed by atoms with van der Waals surface area (Å²) in [6.45, 7) is 10.1. The van der Waals surface area contributed by atoms with Crippen LogP contribution in [0.1, 0.15) is 156 Å². The molecule has 0 aliphatic heterocycles. The minimum atomic E-state index is -2.72. The second kappa shape index (κ2) is 33.2. The molecule has 0 unspecified atom stereocenters. The second-order valence-electron chi connectivity index (χ2n) is 12.2. The van der Waals surface area contributed by atoms with E-state index >= 15 is 0 Å². The van der Waals surface area contributed by atoms with Crippen molar-refractivity contribution in [3.05, 3.63) is 36.5 Å². The maximum Gasteiger partial charge on any atom is 0.500 e. The van der Waals surface area contributed by atoms with Gasteiger partial charge in [0.2, 0.25) is 0 Å². The Balaban J connectivity index is 4.99. The first-order chi connectivity index (χ1) is 20.6. The van der Waals surface area contributed by atoms with E-state index in [0.717, 1.165) is 77.4 Å². The third-order valence-corrected chi connectivity index (χ3v) is 10.4. The third-order valence-electron chi connectivity index (χ3n) is 7.52. The van der Waals surface area contributed by atoms with E-state index in [2.05, 4.69) is 76.2 Å². The Morgan fingerprint density at radius 3 is 1.12 bits per heavy atom. The van der Waals surface area contributed by atoms with Gasteiger partial charge in [0.25, 0.3) is 0 Å². The van der Waals surface area contributed by atoms with Gasteiger partial charge in [-0.2, -0.15) is 0 Å². The molecule has 0 bridgehead atoms. The molecule has 5 heteroatoms. The zero-order valence-corrected chi connectivity index (χ0v) is 30.0. The van der Waals surface area contributed by atoms with Crippen molar-refractivity contribution in [1.82, 2.24) is 4.90 Å². The van der Waals surface area contributed by atoms with Gasteiger partial charge in [-0.3, -0.25) is 0 Å². The first-order valence-electron chi connectivity index (χ1n) is 18.1. The quantitative estimate of drug-likeness (QED) is 0.0422. The van der Waals surface area contributed by atoms with Crippen molar-refractivity contribution in [2.24, 2.45) is 0 Å². The molecule has 0 fully saturated rings. The molecule has 0 atom stereocenters. The molecule has 0 N–H and O–H groups in total. The Hall–Kier alpha value is -0.723. The van der Waals surface area contributed by atoms with Crippen molar-refractivity contribution >= 4 is 8.80 Å². The summed E-state index contributed by atoms with van der Waals surface area (Å²) in [6, 6.07) is 0.937.